The molecule has 0 saturated heterocycles. The first-order valence-electron chi connectivity index (χ1n) is 21.8. The van der Waals surface area contributed by atoms with Crippen molar-refractivity contribution in [1.82, 2.24) is 24.1 Å². The smallest absolute Gasteiger partial charge is 0.238 e. The molecular formula is C59H37N5O2. The maximum Gasteiger partial charge on any atom is 0.238 e. The van der Waals surface area contributed by atoms with Crippen LogP contribution in [0.15, 0.2) is 224 Å². The van der Waals surface area contributed by atoms with Gasteiger partial charge in [-0.05, 0) is 59.7 Å². The fourth-order valence-electron chi connectivity index (χ4n) is 9.15. The maximum atomic E-state index is 13.4. The van der Waals surface area contributed by atoms with E-state index in [2.05, 4.69) is 112 Å². The van der Waals surface area contributed by atoms with Crippen LogP contribution in [0.3, 0.4) is 0 Å². The van der Waals surface area contributed by atoms with Crippen LogP contribution >= 0.6 is 0 Å². The van der Waals surface area contributed by atoms with Gasteiger partial charge in [-0.25, -0.2) is 4.98 Å². The number of aromatic nitrogens is 5. The largest absolute Gasteiger partial charge is 0.309 e. The van der Waals surface area contributed by atoms with Crippen LogP contribution in [0.4, 0.5) is 0 Å². The third-order valence-corrected chi connectivity index (χ3v) is 12.4. The van der Waals surface area contributed by atoms with Crippen LogP contribution in [-0.2, 0) is 0 Å². The predicted molar refractivity (Wildman–Crippen MR) is 265 cm³/mol. The topological polar surface area (TPSA) is 82.7 Å². The standard InChI is InChI=1S/C59H37N5O2/c65-55(38-14-4-1-5-15-38)40-24-28-42(29-25-40)57-60-58(43-30-26-41(27-31-43)56(66)39-16-6-2-7-17-39)62-59(61-57)64-52-23-13-11-21-48(52)50-37-45(33-35-54(50)64)44-32-34-53-49(36-44)47-20-10-12-22-51(47)63(53)46-18-8-3-9-19-46/h1-37H. The Balaban J connectivity index is 0.992. The molecule has 0 aliphatic carbocycles. The molecule has 12 rings (SSSR count). The minimum absolute atomic E-state index is 0.0622. The van der Waals surface area contributed by atoms with Crippen molar-refractivity contribution in [2.75, 3.05) is 0 Å². The lowest BCUT2D eigenvalue weighted by atomic mass is 10.0. The summed E-state index contributed by atoms with van der Waals surface area (Å²) in [7, 11) is 0. The van der Waals surface area contributed by atoms with E-state index in [1.54, 1.807) is 0 Å². The first-order valence-corrected chi connectivity index (χ1v) is 21.8. The lowest BCUT2D eigenvalue weighted by molar-refractivity contribution is 0.103. The zero-order chi connectivity index (χ0) is 44.1. The molecule has 0 unspecified atom stereocenters. The Kier molecular flexibility index (Phi) is 9.31. The van der Waals surface area contributed by atoms with E-state index in [9.17, 15) is 9.59 Å². The lowest BCUT2D eigenvalue weighted by Gasteiger charge is -2.12. The van der Waals surface area contributed by atoms with Crippen molar-refractivity contribution in [3.63, 3.8) is 0 Å². The first-order chi connectivity index (χ1) is 32.6. The molecular weight excluding hydrogens is 811 g/mol. The van der Waals surface area contributed by atoms with E-state index in [1.165, 1.54) is 16.3 Å². The number of benzene rings is 9. The van der Waals surface area contributed by atoms with Gasteiger partial charge >= 0.3 is 0 Å². The molecule has 3 aromatic heterocycles. The molecule has 0 radical (unpaired) electrons. The highest BCUT2D eigenvalue weighted by Gasteiger charge is 2.20. The molecule has 3 heterocycles. The summed E-state index contributed by atoms with van der Waals surface area (Å²) in [6.45, 7) is 0. The second-order valence-corrected chi connectivity index (χ2v) is 16.3. The van der Waals surface area contributed by atoms with E-state index in [4.69, 9.17) is 15.0 Å². The molecule has 66 heavy (non-hydrogen) atoms. The molecule has 0 aliphatic heterocycles. The van der Waals surface area contributed by atoms with Crippen molar-refractivity contribution < 1.29 is 9.59 Å². The van der Waals surface area contributed by atoms with Gasteiger partial charge in [-0.15, -0.1) is 0 Å². The minimum atomic E-state index is -0.0622. The monoisotopic (exact) mass is 847 g/mol. The Morgan fingerprint density at radius 1 is 0.303 bits per heavy atom. The maximum absolute atomic E-state index is 13.4. The van der Waals surface area contributed by atoms with Crippen LogP contribution in [0.2, 0.25) is 0 Å². The molecule has 9 aromatic carbocycles. The molecule has 0 aliphatic rings. The van der Waals surface area contributed by atoms with Gasteiger partial charge in [0.1, 0.15) is 0 Å². The second kappa shape index (κ2) is 15.9. The summed E-state index contributed by atoms with van der Waals surface area (Å²) in [6.07, 6.45) is 0. The van der Waals surface area contributed by atoms with Gasteiger partial charge in [0.2, 0.25) is 5.95 Å². The number of hydrogen-bond donors (Lipinski definition) is 0. The molecule has 0 N–H and O–H groups in total. The van der Waals surface area contributed by atoms with Crippen LogP contribution in [0.1, 0.15) is 31.8 Å². The molecule has 7 nitrogen and oxygen atoms in total. The van der Waals surface area contributed by atoms with E-state index in [-0.39, 0.29) is 11.6 Å². The number of nitrogens with zero attached hydrogens (tertiary/aromatic N) is 5. The molecule has 310 valence electrons. The van der Waals surface area contributed by atoms with Crippen molar-refractivity contribution in [2.24, 2.45) is 0 Å². The average Bonchev–Trinajstić information content (AvgIpc) is 3.91. The fourth-order valence-corrected chi connectivity index (χ4v) is 9.15. The van der Waals surface area contributed by atoms with Gasteiger partial charge in [-0.1, -0.05) is 176 Å². The van der Waals surface area contributed by atoms with E-state index >= 15 is 0 Å². The number of rotatable bonds is 9. The third kappa shape index (κ3) is 6.66. The van der Waals surface area contributed by atoms with Gasteiger partial charge in [-0.2, -0.15) is 9.97 Å². The van der Waals surface area contributed by atoms with Crippen molar-refractivity contribution in [3.05, 3.63) is 247 Å². The Morgan fingerprint density at radius 2 is 0.667 bits per heavy atom. The Bertz CT molecular complexity index is 3710. The van der Waals surface area contributed by atoms with Crippen LogP contribution in [0.25, 0.3) is 89.2 Å². The van der Waals surface area contributed by atoms with E-state index < -0.39 is 0 Å². The summed E-state index contributed by atoms with van der Waals surface area (Å²) in [5.74, 6) is 1.21. The molecule has 0 atom stereocenters. The summed E-state index contributed by atoms with van der Waals surface area (Å²) < 4.78 is 4.43. The lowest BCUT2D eigenvalue weighted by Crippen LogP contribution is -2.07. The molecule has 0 fully saturated rings. The molecule has 12 aromatic rings. The summed E-state index contributed by atoms with van der Waals surface area (Å²) >= 11 is 0. The van der Waals surface area contributed by atoms with E-state index in [0.717, 1.165) is 55.3 Å². The van der Waals surface area contributed by atoms with Gasteiger partial charge in [0, 0.05) is 60.6 Å². The molecule has 0 spiro atoms. The average molecular weight is 848 g/mol. The molecule has 0 bridgehead atoms. The highest BCUT2D eigenvalue weighted by atomic mass is 16.1. The summed E-state index contributed by atoms with van der Waals surface area (Å²) in [5.41, 5.74) is 11.4. The Morgan fingerprint density at radius 3 is 1.15 bits per heavy atom. The molecule has 7 heteroatoms. The zero-order valence-electron chi connectivity index (χ0n) is 35.4. The number of hydrogen-bond acceptors (Lipinski definition) is 5. The number of para-hydroxylation sites is 3. The van der Waals surface area contributed by atoms with Gasteiger partial charge in [0.25, 0.3) is 0 Å². The fraction of sp³-hybridized carbons (Fsp3) is 0. The summed E-state index contributed by atoms with van der Waals surface area (Å²) in [5, 5.41) is 4.51. The Hall–Kier alpha value is -9.07. The quantitative estimate of drug-likeness (QED) is 0.135. The molecule has 0 saturated carbocycles. The van der Waals surface area contributed by atoms with Gasteiger partial charge in [-0.3, -0.25) is 14.2 Å². The molecule has 0 amide bonds. The number of carbonyl (C=O) groups excluding carboxylic acids is 2. The van der Waals surface area contributed by atoms with E-state index in [1.807, 2.05) is 121 Å². The second-order valence-electron chi connectivity index (χ2n) is 16.3. The SMILES string of the molecule is O=C(c1ccccc1)c1ccc(-c2nc(-c3ccc(C(=O)c4ccccc4)cc3)nc(-n3c4ccccc4c4cc(-c5ccc6c(c5)c5ccccc5n6-c5ccccc5)ccc43)n2)cc1. The highest BCUT2D eigenvalue weighted by molar-refractivity contribution is 6.13. The predicted octanol–water partition coefficient (Wildman–Crippen LogP) is 13.5. The van der Waals surface area contributed by atoms with Crippen molar-refractivity contribution >= 4 is 55.2 Å². The van der Waals surface area contributed by atoms with Gasteiger partial charge in [0.15, 0.2) is 23.2 Å². The highest BCUT2D eigenvalue weighted by Crippen LogP contribution is 2.38. The Labute approximate surface area is 379 Å². The first kappa shape index (κ1) is 38.6. The normalized spacial score (nSPS) is 11.5. The van der Waals surface area contributed by atoms with Crippen LogP contribution in [-0.4, -0.2) is 35.7 Å². The van der Waals surface area contributed by atoms with Crippen molar-refractivity contribution in [3.8, 4) is 45.5 Å². The van der Waals surface area contributed by atoms with Crippen LogP contribution in [0, 0.1) is 0 Å². The zero-order valence-corrected chi connectivity index (χ0v) is 35.4. The summed E-state index contributed by atoms with van der Waals surface area (Å²) in [6, 6.07) is 74.1. The third-order valence-electron chi connectivity index (χ3n) is 12.4. The van der Waals surface area contributed by atoms with Crippen molar-refractivity contribution in [2.45, 2.75) is 0 Å². The van der Waals surface area contributed by atoms with Crippen LogP contribution in [0.5, 0.6) is 0 Å². The van der Waals surface area contributed by atoms with Gasteiger partial charge in [0.05, 0.1) is 22.1 Å². The summed E-state index contributed by atoms with van der Waals surface area (Å²) in [4.78, 5) is 42.1. The number of ketones is 2. The van der Waals surface area contributed by atoms with Crippen LogP contribution < -0.4 is 0 Å². The van der Waals surface area contributed by atoms with Gasteiger partial charge < -0.3 is 4.57 Å². The van der Waals surface area contributed by atoms with E-state index in [0.29, 0.717) is 39.9 Å². The number of carbonyl (C=O) groups is 2. The van der Waals surface area contributed by atoms with Crippen molar-refractivity contribution in [1.29, 1.82) is 0 Å². The number of fused-ring (bicyclic) bond motifs is 6. The minimum Gasteiger partial charge on any atom is -0.309 e.